The van der Waals surface area contributed by atoms with Gasteiger partial charge in [0.2, 0.25) is 5.82 Å². The van der Waals surface area contributed by atoms with Crippen LogP contribution in [0.2, 0.25) is 0 Å². The van der Waals surface area contributed by atoms with Crippen molar-refractivity contribution in [3.05, 3.63) is 42.3 Å². The third-order valence-corrected chi connectivity index (χ3v) is 2.40. The van der Waals surface area contributed by atoms with E-state index >= 15 is 0 Å². The molecule has 3 heterocycles. The Kier molecular flexibility index (Phi) is 1.94. The van der Waals surface area contributed by atoms with Gasteiger partial charge in [0.1, 0.15) is 0 Å². The van der Waals surface area contributed by atoms with E-state index in [0.717, 1.165) is 0 Å². The zero-order chi connectivity index (χ0) is 11.8. The molecule has 0 unspecified atom stereocenters. The quantitative estimate of drug-likeness (QED) is 0.723. The van der Waals surface area contributed by atoms with Crippen molar-refractivity contribution in [2.45, 2.75) is 0 Å². The molecule has 6 nitrogen and oxygen atoms in total. The number of carboxylic acids is 1. The van der Waals surface area contributed by atoms with Crippen LogP contribution in [-0.4, -0.2) is 25.7 Å². The Labute approximate surface area is 95.1 Å². The highest BCUT2D eigenvalue weighted by Crippen LogP contribution is 2.18. The highest BCUT2D eigenvalue weighted by Gasteiger charge is 2.12. The predicted molar refractivity (Wildman–Crippen MR) is 57.6 cm³/mol. The second-order valence-electron chi connectivity index (χ2n) is 3.45. The van der Waals surface area contributed by atoms with Crippen LogP contribution in [0.3, 0.4) is 0 Å². The zero-order valence-corrected chi connectivity index (χ0v) is 8.57. The van der Waals surface area contributed by atoms with E-state index in [1.807, 2.05) is 0 Å². The number of carbonyl (C=O) groups is 1. The maximum absolute atomic E-state index is 10.8. The van der Waals surface area contributed by atoms with E-state index in [0.29, 0.717) is 17.2 Å². The lowest BCUT2D eigenvalue weighted by atomic mass is 10.2. The number of aromatic carboxylic acids is 1. The molecule has 0 radical (unpaired) electrons. The van der Waals surface area contributed by atoms with Gasteiger partial charge in [0.05, 0.1) is 11.8 Å². The van der Waals surface area contributed by atoms with Crippen LogP contribution in [0.5, 0.6) is 0 Å². The van der Waals surface area contributed by atoms with Crippen LogP contribution in [-0.2, 0) is 0 Å². The van der Waals surface area contributed by atoms with E-state index in [4.69, 9.17) is 9.52 Å². The average Bonchev–Trinajstić information content (AvgIpc) is 2.96. The van der Waals surface area contributed by atoms with E-state index in [9.17, 15) is 4.79 Å². The monoisotopic (exact) mass is 229 g/mol. The molecule has 3 rings (SSSR count). The highest BCUT2D eigenvalue weighted by atomic mass is 16.4. The standard InChI is InChI=1S/C11H7N3O3/c15-11(16)7-3-4-14-9(6-7)12-13-10(14)8-2-1-5-17-8/h1-6H,(H,15,16). The molecular formula is C11H7N3O3. The van der Waals surface area contributed by atoms with Gasteiger partial charge < -0.3 is 9.52 Å². The van der Waals surface area contributed by atoms with Gasteiger partial charge in [-0.05, 0) is 24.3 Å². The number of furan rings is 1. The molecular weight excluding hydrogens is 222 g/mol. The van der Waals surface area contributed by atoms with Crippen LogP contribution in [0.25, 0.3) is 17.2 Å². The van der Waals surface area contributed by atoms with Crippen LogP contribution in [0, 0.1) is 0 Å². The van der Waals surface area contributed by atoms with Crippen molar-refractivity contribution in [1.82, 2.24) is 14.6 Å². The SMILES string of the molecule is O=C(O)c1ccn2c(-c3ccco3)nnc2c1. The molecule has 0 aliphatic heterocycles. The van der Waals surface area contributed by atoms with Crippen LogP contribution in [0.15, 0.2) is 41.1 Å². The predicted octanol–water partition coefficient (Wildman–Crippen LogP) is 1.69. The molecule has 0 amide bonds. The lowest BCUT2D eigenvalue weighted by Crippen LogP contribution is -1.97. The summed E-state index contributed by atoms with van der Waals surface area (Å²) in [6.45, 7) is 0. The highest BCUT2D eigenvalue weighted by molar-refractivity contribution is 5.88. The van der Waals surface area contributed by atoms with Crippen LogP contribution < -0.4 is 0 Å². The molecule has 17 heavy (non-hydrogen) atoms. The van der Waals surface area contributed by atoms with Gasteiger partial charge in [0.25, 0.3) is 0 Å². The summed E-state index contributed by atoms with van der Waals surface area (Å²) in [6.07, 6.45) is 3.15. The molecule has 0 bridgehead atoms. The van der Waals surface area contributed by atoms with Crippen LogP contribution in [0.1, 0.15) is 10.4 Å². The molecule has 0 aliphatic rings. The van der Waals surface area contributed by atoms with E-state index in [-0.39, 0.29) is 5.56 Å². The molecule has 0 saturated heterocycles. The Morgan fingerprint density at radius 2 is 2.24 bits per heavy atom. The van der Waals surface area contributed by atoms with Gasteiger partial charge in [-0.25, -0.2) is 4.79 Å². The molecule has 0 saturated carbocycles. The largest absolute Gasteiger partial charge is 0.478 e. The van der Waals surface area contributed by atoms with Gasteiger partial charge in [-0.2, -0.15) is 0 Å². The summed E-state index contributed by atoms with van der Waals surface area (Å²) in [4.78, 5) is 10.8. The van der Waals surface area contributed by atoms with Crippen molar-refractivity contribution in [3.63, 3.8) is 0 Å². The van der Waals surface area contributed by atoms with Crippen molar-refractivity contribution < 1.29 is 14.3 Å². The van der Waals surface area contributed by atoms with Crippen molar-refractivity contribution in [2.24, 2.45) is 0 Å². The van der Waals surface area contributed by atoms with Gasteiger partial charge >= 0.3 is 5.97 Å². The van der Waals surface area contributed by atoms with E-state index in [2.05, 4.69) is 10.2 Å². The number of carboxylic acid groups (broad SMARTS) is 1. The minimum absolute atomic E-state index is 0.177. The minimum Gasteiger partial charge on any atom is -0.478 e. The van der Waals surface area contributed by atoms with Gasteiger partial charge in [-0.15, -0.1) is 10.2 Å². The van der Waals surface area contributed by atoms with Crippen molar-refractivity contribution in [3.8, 4) is 11.6 Å². The first-order valence-electron chi connectivity index (χ1n) is 4.87. The van der Waals surface area contributed by atoms with Crippen molar-refractivity contribution in [2.75, 3.05) is 0 Å². The molecule has 0 spiro atoms. The number of rotatable bonds is 2. The van der Waals surface area contributed by atoms with Gasteiger partial charge in [0, 0.05) is 6.20 Å². The first-order chi connectivity index (χ1) is 8.25. The summed E-state index contributed by atoms with van der Waals surface area (Å²) < 4.78 is 6.90. The Bertz CT molecular complexity index is 685. The lowest BCUT2D eigenvalue weighted by molar-refractivity contribution is 0.0697. The third kappa shape index (κ3) is 1.46. The molecule has 3 aromatic rings. The van der Waals surface area contributed by atoms with E-state index in [1.165, 1.54) is 12.1 Å². The summed E-state index contributed by atoms with van der Waals surface area (Å²) in [6, 6.07) is 6.47. The molecule has 1 N–H and O–H groups in total. The molecule has 84 valence electrons. The maximum atomic E-state index is 10.8. The maximum Gasteiger partial charge on any atom is 0.335 e. The fraction of sp³-hybridized carbons (Fsp3) is 0. The molecule has 0 atom stereocenters. The van der Waals surface area contributed by atoms with Crippen molar-refractivity contribution in [1.29, 1.82) is 0 Å². The number of pyridine rings is 1. The number of hydrogen-bond donors (Lipinski definition) is 1. The molecule has 0 aliphatic carbocycles. The second-order valence-corrected chi connectivity index (χ2v) is 3.45. The Morgan fingerprint density at radius 3 is 2.94 bits per heavy atom. The fourth-order valence-electron chi connectivity index (χ4n) is 1.60. The Hall–Kier alpha value is -2.63. The first-order valence-corrected chi connectivity index (χ1v) is 4.87. The fourth-order valence-corrected chi connectivity index (χ4v) is 1.60. The summed E-state index contributed by atoms with van der Waals surface area (Å²) in [5.74, 6) is 0.137. The van der Waals surface area contributed by atoms with Crippen LogP contribution in [0.4, 0.5) is 0 Å². The van der Waals surface area contributed by atoms with Gasteiger partial charge in [-0.3, -0.25) is 4.40 Å². The number of aromatic nitrogens is 3. The summed E-state index contributed by atoms with van der Waals surface area (Å²) in [5, 5.41) is 16.7. The normalized spacial score (nSPS) is 10.8. The average molecular weight is 229 g/mol. The molecule has 0 aromatic carbocycles. The Morgan fingerprint density at radius 1 is 1.35 bits per heavy atom. The third-order valence-electron chi connectivity index (χ3n) is 2.40. The first kappa shape index (κ1) is 9.59. The Balaban J connectivity index is 2.21. The summed E-state index contributed by atoms with van der Waals surface area (Å²) >= 11 is 0. The van der Waals surface area contributed by atoms with Crippen molar-refractivity contribution >= 4 is 11.6 Å². The van der Waals surface area contributed by atoms with E-state index < -0.39 is 5.97 Å². The summed E-state index contributed by atoms with van der Waals surface area (Å²) in [7, 11) is 0. The second kappa shape index (κ2) is 3.44. The molecule has 0 fully saturated rings. The lowest BCUT2D eigenvalue weighted by Gasteiger charge is -1.97. The van der Waals surface area contributed by atoms with Gasteiger partial charge in [-0.1, -0.05) is 0 Å². The minimum atomic E-state index is -0.991. The molecule has 3 aromatic heterocycles. The topological polar surface area (TPSA) is 80.6 Å². The molecule has 6 heteroatoms. The zero-order valence-electron chi connectivity index (χ0n) is 8.57. The number of nitrogens with zero attached hydrogens (tertiary/aromatic N) is 3. The van der Waals surface area contributed by atoms with Crippen LogP contribution >= 0.6 is 0 Å². The number of fused-ring (bicyclic) bond motifs is 1. The smallest absolute Gasteiger partial charge is 0.335 e. The van der Waals surface area contributed by atoms with Gasteiger partial charge in [0.15, 0.2) is 11.4 Å². The van der Waals surface area contributed by atoms with E-state index in [1.54, 1.807) is 29.0 Å². The summed E-state index contributed by atoms with van der Waals surface area (Å²) in [5.41, 5.74) is 0.646. The number of hydrogen-bond acceptors (Lipinski definition) is 4.